The molecular weight excluding hydrogens is 219 g/mol. The number of hydrogen-bond donors (Lipinski definition) is 1. The number of hydrogen-bond acceptors (Lipinski definition) is 3. The average molecular weight is 231 g/mol. The van der Waals surface area contributed by atoms with Crippen LogP contribution in [0.2, 0.25) is 0 Å². The zero-order valence-corrected chi connectivity index (χ0v) is 8.45. The van der Waals surface area contributed by atoms with Crippen molar-refractivity contribution in [1.29, 1.82) is 0 Å². The predicted octanol–water partition coefficient (Wildman–Crippen LogP) is 0.714. The van der Waals surface area contributed by atoms with Crippen molar-refractivity contribution in [3.05, 3.63) is 0 Å². The number of sulfone groups is 1. The highest BCUT2D eigenvalue weighted by Crippen LogP contribution is 2.25. The minimum absolute atomic E-state index is 0.198. The fraction of sp³-hybridized carbons (Fsp3) is 1.00. The molecule has 1 aliphatic rings. The second-order valence-corrected chi connectivity index (χ2v) is 5.60. The van der Waals surface area contributed by atoms with Crippen molar-refractivity contribution >= 4 is 9.84 Å². The highest BCUT2D eigenvalue weighted by Gasteiger charge is 2.46. The maximum Gasteiger partial charge on any atom is 0.404 e. The van der Waals surface area contributed by atoms with Gasteiger partial charge in [0.05, 0.1) is 11.5 Å². The lowest BCUT2D eigenvalue weighted by Gasteiger charge is -2.31. The minimum Gasteiger partial charge on any atom is -0.301 e. The van der Waals surface area contributed by atoms with Gasteiger partial charge in [0.25, 0.3) is 0 Å². The van der Waals surface area contributed by atoms with Crippen molar-refractivity contribution in [1.82, 2.24) is 5.32 Å². The smallest absolute Gasteiger partial charge is 0.301 e. The SMILES string of the molecule is CCC1CS(=O)(=O)CC(C(F)(F)F)N1. The number of rotatable bonds is 1. The van der Waals surface area contributed by atoms with Gasteiger partial charge in [-0.15, -0.1) is 0 Å². The Hall–Kier alpha value is -0.300. The van der Waals surface area contributed by atoms with Crippen molar-refractivity contribution in [3.63, 3.8) is 0 Å². The Kier molecular flexibility index (Phi) is 3.10. The molecule has 0 amide bonds. The molecule has 3 nitrogen and oxygen atoms in total. The van der Waals surface area contributed by atoms with E-state index in [4.69, 9.17) is 0 Å². The van der Waals surface area contributed by atoms with Crippen LogP contribution in [0.4, 0.5) is 13.2 Å². The predicted molar refractivity (Wildman–Crippen MR) is 45.7 cm³/mol. The summed E-state index contributed by atoms with van der Waals surface area (Å²) in [5.74, 6) is -1.04. The molecule has 0 aliphatic carbocycles. The zero-order chi connectivity index (χ0) is 11.0. The lowest BCUT2D eigenvalue weighted by atomic mass is 10.2. The molecule has 0 saturated carbocycles. The van der Waals surface area contributed by atoms with Gasteiger partial charge in [0.1, 0.15) is 6.04 Å². The molecule has 14 heavy (non-hydrogen) atoms. The molecule has 2 atom stereocenters. The third-order valence-corrected chi connectivity index (χ3v) is 3.95. The van der Waals surface area contributed by atoms with Gasteiger partial charge in [-0.3, -0.25) is 0 Å². The molecule has 1 heterocycles. The van der Waals surface area contributed by atoms with Crippen LogP contribution in [0.15, 0.2) is 0 Å². The van der Waals surface area contributed by atoms with Gasteiger partial charge in [0.2, 0.25) is 0 Å². The monoisotopic (exact) mass is 231 g/mol. The lowest BCUT2D eigenvalue weighted by Crippen LogP contribution is -2.57. The third kappa shape index (κ3) is 2.84. The molecule has 0 spiro atoms. The molecule has 0 bridgehead atoms. The third-order valence-electron chi connectivity index (χ3n) is 2.20. The summed E-state index contributed by atoms with van der Waals surface area (Å²) in [5.41, 5.74) is 0. The van der Waals surface area contributed by atoms with Gasteiger partial charge in [0, 0.05) is 6.04 Å². The molecule has 7 heteroatoms. The Morgan fingerprint density at radius 2 is 1.93 bits per heavy atom. The van der Waals surface area contributed by atoms with Crippen molar-refractivity contribution in [3.8, 4) is 0 Å². The molecule has 1 rings (SSSR count). The normalized spacial score (nSPS) is 32.9. The fourth-order valence-corrected chi connectivity index (χ4v) is 3.31. The largest absolute Gasteiger partial charge is 0.404 e. The first-order valence-corrected chi connectivity index (χ1v) is 6.10. The Bertz CT molecular complexity index is 299. The van der Waals surface area contributed by atoms with Gasteiger partial charge < -0.3 is 5.32 Å². The summed E-state index contributed by atoms with van der Waals surface area (Å²) in [4.78, 5) is 0. The highest BCUT2D eigenvalue weighted by molar-refractivity contribution is 7.91. The van der Waals surface area contributed by atoms with Crippen LogP contribution >= 0.6 is 0 Å². The summed E-state index contributed by atoms with van der Waals surface area (Å²) < 4.78 is 59.1. The summed E-state index contributed by atoms with van der Waals surface area (Å²) in [7, 11) is -3.56. The molecule has 2 unspecified atom stereocenters. The van der Waals surface area contributed by atoms with Crippen LogP contribution in [0.5, 0.6) is 0 Å². The molecule has 1 fully saturated rings. The molecule has 0 aromatic rings. The van der Waals surface area contributed by atoms with E-state index in [1.165, 1.54) is 0 Å². The Labute approximate surface area is 80.6 Å². The van der Waals surface area contributed by atoms with E-state index in [9.17, 15) is 21.6 Å². The van der Waals surface area contributed by atoms with E-state index in [-0.39, 0.29) is 5.75 Å². The van der Waals surface area contributed by atoms with Crippen molar-refractivity contribution in [2.75, 3.05) is 11.5 Å². The van der Waals surface area contributed by atoms with E-state index in [0.29, 0.717) is 6.42 Å². The molecular formula is C7H12F3NO2S. The van der Waals surface area contributed by atoms with E-state index in [2.05, 4.69) is 5.32 Å². The first-order chi connectivity index (χ1) is 6.24. The van der Waals surface area contributed by atoms with Crippen molar-refractivity contribution in [2.24, 2.45) is 0 Å². The van der Waals surface area contributed by atoms with Crippen LogP contribution in [0.1, 0.15) is 13.3 Å². The van der Waals surface area contributed by atoms with Crippen LogP contribution in [-0.2, 0) is 9.84 Å². The van der Waals surface area contributed by atoms with Gasteiger partial charge in [-0.05, 0) is 6.42 Å². The Balaban J connectivity index is 2.81. The molecule has 1 saturated heterocycles. The molecule has 0 aromatic heterocycles. The first-order valence-electron chi connectivity index (χ1n) is 4.28. The fourth-order valence-electron chi connectivity index (χ4n) is 1.43. The maximum atomic E-state index is 12.3. The molecule has 0 radical (unpaired) electrons. The van der Waals surface area contributed by atoms with E-state index >= 15 is 0 Å². The summed E-state index contributed by atoms with van der Waals surface area (Å²) in [6.07, 6.45) is -4.10. The number of alkyl halides is 3. The van der Waals surface area contributed by atoms with E-state index in [1.807, 2.05) is 0 Å². The first kappa shape index (κ1) is 11.8. The zero-order valence-electron chi connectivity index (χ0n) is 7.63. The molecule has 1 N–H and O–H groups in total. The number of nitrogens with one attached hydrogen (secondary N) is 1. The van der Waals surface area contributed by atoms with E-state index < -0.39 is 33.9 Å². The Morgan fingerprint density at radius 3 is 2.36 bits per heavy atom. The number of halogens is 3. The van der Waals surface area contributed by atoms with Gasteiger partial charge in [-0.1, -0.05) is 6.92 Å². The summed E-state index contributed by atoms with van der Waals surface area (Å²) in [6, 6.07) is -2.49. The highest BCUT2D eigenvalue weighted by atomic mass is 32.2. The van der Waals surface area contributed by atoms with E-state index in [1.54, 1.807) is 6.92 Å². The molecule has 84 valence electrons. The van der Waals surface area contributed by atoms with E-state index in [0.717, 1.165) is 0 Å². The van der Waals surface area contributed by atoms with Gasteiger partial charge in [0.15, 0.2) is 9.84 Å². The summed E-state index contributed by atoms with van der Waals surface area (Å²) >= 11 is 0. The summed E-state index contributed by atoms with van der Waals surface area (Å²) in [5, 5.41) is 2.29. The van der Waals surface area contributed by atoms with Gasteiger partial charge >= 0.3 is 6.18 Å². The van der Waals surface area contributed by atoms with Gasteiger partial charge in [-0.2, -0.15) is 13.2 Å². The topological polar surface area (TPSA) is 46.2 Å². The van der Waals surface area contributed by atoms with Crippen molar-refractivity contribution < 1.29 is 21.6 Å². The average Bonchev–Trinajstić information content (AvgIpc) is 1.99. The maximum absolute atomic E-state index is 12.3. The summed E-state index contributed by atoms with van der Waals surface area (Å²) in [6.45, 7) is 1.66. The van der Waals surface area contributed by atoms with Crippen LogP contribution < -0.4 is 5.32 Å². The van der Waals surface area contributed by atoms with Crippen LogP contribution in [0.3, 0.4) is 0 Å². The van der Waals surface area contributed by atoms with Crippen molar-refractivity contribution in [2.45, 2.75) is 31.6 Å². The van der Waals surface area contributed by atoms with Gasteiger partial charge in [-0.25, -0.2) is 8.42 Å². The quantitative estimate of drug-likeness (QED) is 0.723. The second-order valence-electron chi connectivity index (χ2n) is 3.44. The molecule has 0 aromatic carbocycles. The van der Waals surface area contributed by atoms with Crippen LogP contribution in [-0.4, -0.2) is 38.2 Å². The standard InChI is InChI=1S/C7H12F3NO2S/c1-2-5-3-14(12,13)4-6(11-5)7(8,9)10/h5-6,11H,2-4H2,1H3. The Morgan fingerprint density at radius 1 is 1.36 bits per heavy atom. The second kappa shape index (κ2) is 3.69. The van der Waals surface area contributed by atoms with Crippen LogP contribution in [0.25, 0.3) is 0 Å². The van der Waals surface area contributed by atoms with Crippen LogP contribution in [0, 0.1) is 0 Å². The molecule has 1 aliphatic heterocycles. The lowest BCUT2D eigenvalue weighted by molar-refractivity contribution is -0.153. The minimum atomic E-state index is -4.49.